The van der Waals surface area contributed by atoms with E-state index in [0.717, 1.165) is 11.1 Å². The number of aromatic nitrogens is 3. The summed E-state index contributed by atoms with van der Waals surface area (Å²) >= 11 is 11.8. The number of benzene rings is 2. The second-order valence-electron chi connectivity index (χ2n) is 7.03. The van der Waals surface area contributed by atoms with Crippen LogP contribution in [0.25, 0.3) is 0 Å². The molecule has 0 amide bonds. The highest BCUT2D eigenvalue weighted by Gasteiger charge is 2.29. The van der Waals surface area contributed by atoms with E-state index in [-0.39, 0.29) is 17.8 Å². The molecular formula is C21H22Cl2N8O3. The van der Waals surface area contributed by atoms with Crippen LogP contribution in [0.1, 0.15) is 11.1 Å². The van der Waals surface area contributed by atoms with Crippen molar-refractivity contribution in [2.24, 2.45) is 10.2 Å². The zero-order valence-corrected chi connectivity index (χ0v) is 19.2. The third-order valence-electron chi connectivity index (χ3n) is 4.42. The van der Waals surface area contributed by atoms with Crippen LogP contribution >= 0.6 is 23.2 Å². The Balaban J connectivity index is 1.81. The first kappa shape index (κ1) is 25.3. The van der Waals surface area contributed by atoms with Gasteiger partial charge >= 0.3 is 0 Å². The van der Waals surface area contributed by atoms with Gasteiger partial charge in [0.2, 0.25) is 17.8 Å². The summed E-state index contributed by atoms with van der Waals surface area (Å²) in [5, 5.41) is 40.9. The molecule has 3 rings (SSSR count). The lowest BCUT2D eigenvalue weighted by atomic mass is 10.0. The van der Waals surface area contributed by atoms with Gasteiger partial charge in [-0.3, -0.25) is 0 Å². The van der Waals surface area contributed by atoms with Gasteiger partial charge in [-0.25, -0.2) is 10.9 Å². The van der Waals surface area contributed by atoms with Crippen molar-refractivity contribution in [2.75, 3.05) is 36.0 Å². The van der Waals surface area contributed by atoms with Crippen molar-refractivity contribution in [1.29, 1.82) is 0 Å². The molecule has 0 aliphatic rings. The van der Waals surface area contributed by atoms with Crippen LogP contribution in [0.2, 0.25) is 10.0 Å². The summed E-state index contributed by atoms with van der Waals surface area (Å²) in [4.78, 5) is 12.5. The predicted octanol–water partition coefficient (Wildman–Crippen LogP) is 2.20. The maximum Gasteiger partial charge on any atom is 0.250 e. The van der Waals surface area contributed by atoms with Crippen LogP contribution in [0.4, 0.5) is 17.8 Å². The van der Waals surface area contributed by atoms with E-state index in [9.17, 15) is 15.3 Å². The first-order chi connectivity index (χ1) is 16.4. The van der Waals surface area contributed by atoms with Crippen molar-refractivity contribution in [1.82, 2.24) is 15.0 Å². The van der Waals surface area contributed by atoms with Crippen LogP contribution in [-0.4, -0.2) is 68.1 Å². The fourth-order valence-electron chi connectivity index (χ4n) is 2.46. The van der Waals surface area contributed by atoms with Crippen LogP contribution < -0.4 is 16.2 Å². The number of halogens is 2. The zero-order valence-electron chi connectivity index (χ0n) is 17.7. The Kier molecular flexibility index (Phi) is 9.08. The molecule has 6 N–H and O–H groups in total. The molecule has 0 saturated carbocycles. The SMILES string of the molecule is OCC(CO)(CO)Nc1nc(N/N=C\c2ccc(Cl)cc2)nc(N/N=C\c2ccc(Cl)cc2)n1. The first-order valence-electron chi connectivity index (χ1n) is 9.91. The van der Waals surface area contributed by atoms with E-state index in [1.165, 1.54) is 0 Å². The zero-order chi connectivity index (χ0) is 24.4. The Labute approximate surface area is 205 Å². The fourth-order valence-corrected chi connectivity index (χ4v) is 2.72. The van der Waals surface area contributed by atoms with E-state index < -0.39 is 25.4 Å². The van der Waals surface area contributed by atoms with Crippen molar-refractivity contribution in [2.45, 2.75) is 5.54 Å². The molecule has 0 fully saturated rings. The molecular weight excluding hydrogens is 483 g/mol. The number of rotatable bonds is 11. The standard InChI is InChI=1S/C21H22Cl2N8O3/c22-16-5-1-14(2-6-16)9-24-30-19-26-18(29-21(11-32,12-33)13-34)27-20(28-19)31-25-10-15-3-7-17(23)8-4-15/h1-10,32-34H,11-13H2,(H3,26,27,28,29,30,31)/b24-9-,25-10-. The predicted molar refractivity (Wildman–Crippen MR) is 133 cm³/mol. The third kappa shape index (κ3) is 7.33. The molecule has 0 atom stereocenters. The Hall–Kier alpha value is -3.35. The Morgan fingerprint density at radius 1 is 0.676 bits per heavy atom. The minimum Gasteiger partial charge on any atom is -0.394 e. The summed E-state index contributed by atoms with van der Waals surface area (Å²) < 4.78 is 0. The number of hydrogen-bond acceptors (Lipinski definition) is 11. The van der Waals surface area contributed by atoms with Gasteiger partial charge in [-0.1, -0.05) is 47.5 Å². The minimum atomic E-state index is -1.45. The Morgan fingerprint density at radius 2 is 1.06 bits per heavy atom. The van der Waals surface area contributed by atoms with E-state index >= 15 is 0 Å². The van der Waals surface area contributed by atoms with Gasteiger partial charge in [-0.15, -0.1) is 0 Å². The highest BCUT2D eigenvalue weighted by molar-refractivity contribution is 6.30. The summed E-state index contributed by atoms with van der Waals surface area (Å²) in [6.07, 6.45) is 3.08. The number of nitrogens with zero attached hydrogens (tertiary/aromatic N) is 5. The van der Waals surface area contributed by atoms with Crippen LogP contribution in [0.15, 0.2) is 58.7 Å². The topological polar surface area (TPSA) is 160 Å². The van der Waals surface area contributed by atoms with Gasteiger partial charge in [-0.05, 0) is 35.4 Å². The molecule has 11 nitrogen and oxygen atoms in total. The highest BCUT2D eigenvalue weighted by atomic mass is 35.5. The smallest absolute Gasteiger partial charge is 0.250 e. The van der Waals surface area contributed by atoms with Gasteiger partial charge in [0.05, 0.1) is 32.2 Å². The van der Waals surface area contributed by atoms with E-state index in [0.29, 0.717) is 10.0 Å². The third-order valence-corrected chi connectivity index (χ3v) is 4.92. The van der Waals surface area contributed by atoms with E-state index in [1.54, 1.807) is 61.0 Å². The van der Waals surface area contributed by atoms with Crippen molar-refractivity contribution >= 4 is 53.5 Å². The van der Waals surface area contributed by atoms with Gasteiger partial charge in [0.1, 0.15) is 5.54 Å². The van der Waals surface area contributed by atoms with Crippen LogP contribution in [-0.2, 0) is 0 Å². The Morgan fingerprint density at radius 3 is 1.44 bits per heavy atom. The number of hydrogen-bond donors (Lipinski definition) is 6. The van der Waals surface area contributed by atoms with Crippen molar-refractivity contribution < 1.29 is 15.3 Å². The molecule has 3 aromatic rings. The molecule has 0 spiro atoms. The van der Waals surface area contributed by atoms with E-state index in [1.807, 2.05) is 0 Å². The quantitative estimate of drug-likeness (QED) is 0.170. The normalized spacial score (nSPS) is 11.8. The van der Waals surface area contributed by atoms with Gasteiger partial charge in [0.25, 0.3) is 0 Å². The van der Waals surface area contributed by atoms with Gasteiger partial charge in [0.15, 0.2) is 0 Å². The lowest BCUT2D eigenvalue weighted by Crippen LogP contribution is -2.49. The second kappa shape index (κ2) is 12.2. The summed E-state index contributed by atoms with van der Waals surface area (Å²) in [7, 11) is 0. The maximum absolute atomic E-state index is 9.60. The molecule has 0 radical (unpaired) electrons. The first-order valence-corrected chi connectivity index (χ1v) is 10.7. The van der Waals surface area contributed by atoms with Gasteiger partial charge < -0.3 is 20.6 Å². The molecule has 1 aromatic heterocycles. The minimum absolute atomic E-state index is 0.0367. The number of hydrazone groups is 2. The largest absolute Gasteiger partial charge is 0.394 e. The second-order valence-corrected chi connectivity index (χ2v) is 7.90. The summed E-state index contributed by atoms with van der Waals surface area (Å²) in [6, 6.07) is 14.0. The Bertz CT molecular complexity index is 1040. The molecule has 0 unspecified atom stereocenters. The molecule has 1 heterocycles. The number of aliphatic hydroxyl groups is 3. The highest BCUT2D eigenvalue weighted by Crippen LogP contribution is 2.15. The summed E-state index contributed by atoms with van der Waals surface area (Å²) in [6.45, 7) is -1.71. The maximum atomic E-state index is 9.60. The molecule has 0 bridgehead atoms. The average molecular weight is 505 g/mol. The van der Waals surface area contributed by atoms with Crippen LogP contribution in [0, 0.1) is 0 Å². The van der Waals surface area contributed by atoms with Gasteiger partial charge in [-0.2, -0.15) is 25.2 Å². The van der Waals surface area contributed by atoms with Gasteiger partial charge in [0, 0.05) is 10.0 Å². The molecule has 0 aliphatic carbocycles. The lowest BCUT2D eigenvalue weighted by Gasteiger charge is -2.28. The molecule has 13 heteroatoms. The van der Waals surface area contributed by atoms with E-state index in [2.05, 4.69) is 41.3 Å². The molecule has 0 aliphatic heterocycles. The fraction of sp³-hybridized carbons (Fsp3) is 0.190. The van der Waals surface area contributed by atoms with Crippen molar-refractivity contribution in [3.63, 3.8) is 0 Å². The van der Waals surface area contributed by atoms with Crippen molar-refractivity contribution in [3.05, 3.63) is 69.7 Å². The summed E-state index contributed by atoms with van der Waals surface area (Å²) in [5.74, 6) is 0.0322. The molecule has 2 aromatic carbocycles. The molecule has 0 saturated heterocycles. The molecule has 34 heavy (non-hydrogen) atoms. The number of nitrogens with one attached hydrogen (secondary N) is 3. The number of anilines is 3. The number of aliphatic hydroxyl groups excluding tert-OH is 3. The van der Waals surface area contributed by atoms with Crippen molar-refractivity contribution in [3.8, 4) is 0 Å². The van der Waals surface area contributed by atoms with E-state index in [4.69, 9.17) is 23.2 Å². The monoisotopic (exact) mass is 504 g/mol. The average Bonchev–Trinajstić information content (AvgIpc) is 2.85. The summed E-state index contributed by atoms with van der Waals surface area (Å²) in [5.41, 5.74) is 5.49. The molecule has 178 valence electrons. The lowest BCUT2D eigenvalue weighted by molar-refractivity contribution is 0.0828. The van der Waals surface area contributed by atoms with Crippen LogP contribution in [0.3, 0.4) is 0 Å². The van der Waals surface area contributed by atoms with Crippen LogP contribution in [0.5, 0.6) is 0 Å².